The first-order chi connectivity index (χ1) is 15.6. The van der Waals surface area contributed by atoms with Gasteiger partial charge in [-0.15, -0.1) is 0 Å². The third-order valence-electron chi connectivity index (χ3n) is 6.65. The highest BCUT2D eigenvalue weighted by atomic mass is 19.4. The fraction of sp³-hybridized carbons (Fsp3) is 0.560. The van der Waals surface area contributed by atoms with Crippen molar-refractivity contribution in [2.24, 2.45) is 5.92 Å². The zero-order chi connectivity index (χ0) is 24.2. The van der Waals surface area contributed by atoms with E-state index in [4.69, 9.17) is 9.84 Å². The molecular formula is C25H32F3NO4. The number of amides is 1. The molecule has 33 heavy (non-hydrogen) atoms. The molecule has 8 heteroatoms. The number of halogens is 3. The number of nitrogens with one attached hydrogen (secondary N) is 1. The van der Waals surface area contributed by atoms with Gasteiger partial charge in [-0.1, -0.05) is 44.4 Å². The van der Waals surface area contributed by atoms with Crippen molar-refractivity contribution in [3.8, 4) is 5.75 Å². The van der Waals surface area contributed by atoms with Crippen molar-refractivity contribution < 1.29 is 32.9 Å². The lowest BCUT2D eigenvalue weighted by Gasteiger charge is -2.30. The van der Waals surface area contributed by atoms with Crippen LogP contribution in [0.15, 0.2) is 30.3 Å². The Morgan fingerprint density at radius 3 is 2.42 bits per heavy atom. The number of carboxylic acid groups (broad SMARTS) is 1. The number of hydrogen-bond acceptors (Lipinski definition) is 3. The maximum atomic E-state index is 14.1. The lowest BCUT2D eigenvalue weighted by Crippen LogP contribution is -2.45. The summed E-state index contributed by atoms with van der Waals surface area (Å²) < 4.78 is 48.2. The molecule has 0 unspecified atom stereocenters. The van der Waals surface area contributed by atoms with Crippen LogP contribution >= 0.6 is 0 Å². The third kappa shape index (κ3) is 5.91. The summed E-state index contributed by atoms with van der Waals surface area (Å²) in [6, 6.07) is 7.10. The van der Waals surface area contributed by atoms with Crippen LogP contribution in [0.1, 0.15) is 69.9 Å². The molecule has 3 N–H and O–H groups in total. The monoisotopic (exact) mass is 467 g/mol. The second-order valence-electron chi connectivity index (χ2n) is 9.20. The number of rotatable bonds is 8. The molecule has 1 aliphatic carbocycles. The zero-order valence-corrected chi connectivity index (χ0v) is 19.0. The highest BCUT2D eigenvalue weighted by Crippen LogP contribution is 2.43. The number of aliphatic hydroxyl groups is 1. The normalized spacial score (nSPS) is 20.9. The molecule has 0 aromatic heterocycles. The summed E-state index contributed by atoms with van der Waals surface area (Å²) in [7, 11) is 0. The van der Waals surface area contributed by atoms with Gasteiger partial charge in [-0.2, -0.15) is 13.2 Å². The van der Waals surface area contributed by atoms with E-state index in [0.29, 0.717) is 16.9 Å². The summed E-state index contributed by atoms with van der Waals surface area (Å²) in [5.74, 6) is 0.454. The second kappa shape index (κ2) is 10.2. The van der Waals surface area contributed by atoms with E-state index in [1.54, 1.807) is 6.07 Å². The molecule has 5 nitrogen and oxygen atoms in total. The summed E-state index contributed by atoms with van der Waals surface area (Å²) in [6.45, 7) is 3.09. The van der Waals surface area contributed by atoms with Crippen LogP contribution in [0.25, 0.3) is 10.8 Å². The van der Waals surface area contributed by atoms with Gasteiger partial charge in [0.25, 0.3) is 0 Å². The number of aliphatic hydroxyl groups excluding tert-OH is 1. The van der Waals surface area contributed by atoms with Crippen molar-refractivity contribution >= 4 is 16.9 Å². The van der Waals surface area contributed by atoms with Gasteiger partial charge in [0.15, 0.2) is 0 Å². The van der Waals surface area contributed by atoms with Gasteiger partial charge in [-0.25, -0.2) is 4.79 Å². The van der Waals surface area contributed by atoms with E-state index in [0.717, 1.165) is 32.1 Å². The standard InChI is InChI=1S/C25H32F3NO4/c1-3-4-5-16-6-10-19(11-7-16)33-21-13-8-17-14-18(24(2,15-30)29-23(31)32)9-12-20(17)22(21)25(26,27)28/h8-9,12-14,16,19,29-30H,3-7,10-11,15H2,1-2H3,(H,31,32)/t16-,19+,24-/m0/s1. The quantitative estimate of drug-likeness (QED) is 0.416. The summed E-state index contributed by atoms with van der Waals surface area (Å²) in [6.07, 6.45) is 0.739. The molecule has 3 rings (SSSR count). The SMILES string of the molecule is CCCC[C@H]1CC[C@@H](Oc2ccc3cc([C@](C)(CO)NC(=O)O)ccc3c2C(F)(F)F)CC1. The van der Waals surface area contributed by atoms with E-state index in [9.17, 15) is 23.1 Å². The minimum Gasteiger partial charge on any atom is -0.490 e. The number of fused-ring (bicyclic) bond motifs is 1. The van der Waals surface area contributed by atoms with Crippen LogP contribution in [0.4, 0.5) is 18.0 Å². The van der Waals surface area contributed by atoms with Crippen LogP contribution < -0.4 is 10.1 Å². The highest BCUT2D eigenvalue weighted by Gasteiger charge is 2.38. The van der Waals surface area contributed by atoms with Crippen LogP contribution in [-0.4, -0.2) is 29.0 Å². The van der Waals surface area contributed by atoms with Crippen LogP contribution in [0.3, 0.4) is 0 Å². The Bertz CT molecular complexity index is 970. The molecule has 0 aliphatic heterocycles. The molecule has 1 aliphatic rings. The summed E-state index contributed by atoms with van der Waals surface area (Å²) in [5, 5.41) is 21.3. The predicted octanol–water partition coefficient (Wildman–Crippen LogP) is 6.46. The molecule has 0 bridgehead atoms. The van der Waals surface area contributed by atoms with Crippen LogP contribution in [-0.2, 0) is 11.7 Å². The van der Waals surface area contributed by atoms with Crippen molar-refractivity contribution in [3.63, 3.8) is 0 Å². The van der Waals surface area contributed by atoms with E-state index >= 15 is 0 Å². The maximum absolute atomic E-state index is 14.1. The van der Waals surface area contributed by atoms with Gasteiger partial charge in [-0.05, 0) is 67.0 Å². The van der Waals surface area contributed by atoms with Gasteiger partial charge in [0.1, 0.15) is 11.3 Å². The number of ether oxygens (including phenoxy) is 1. The Kier molecular flexibility index (Phi) is 7.77. The Hall–Kier alpha value is -2.48. The van der Waals surface area contributed by atoms with Crippen LogP contribution in [0, 0.1) is 5.92 Å². The number of carbonyl (C=O) groups is 1. The van der Waals surface area contributed by atoms with Crippen molar-refractivity contribution in [3.05, 3.63) is 41.5 Å². The van der Waals surface area contributed by atoms with Gasteiger partial charge in [0.05, 0.1) is 18.2 Å². The fourth-order valence-corrected chi connectivity index (χ4v) is 4.69. The summed E-state index contributed by atoms with van der Waals surface area (Å²) >= 11 is 0. The molecule has 1 fully saturated rings. The predicted molar refractivity (Wildman–Crippen MR) is 120 cm³/mol. The fourth-order valence-electron chi connectivity index (χ4n) is 4.69. The minimum absolute atomic E-state index is 0.0176. The van der Waals surface area contributed by atoms with Gasteiger partial charge >= 0.3 is 12.3 Å². The highest BCUT2D eigenvalue weighted by molar-refractivity contribution is 5.89. The summed E-state index contributed by atoms with van der Waals surface area (Å²) in [4.78, 5) is 11.1. The average Bonchev–Trinajstić information content (AvgIpc) is 2.76. The third-order valence-corrected chi connectivity index (χ3v) is 6.65. The molecule has 1 atom stereocenters. The largest absolute Gasteiger partial charge is 0.490 e. The van der Waals surface area contributed by atoms with E-state index in [-0.39, 0.29) is 17.2 Å². The lowest BCUT2D eigenvalue weighted by atomic mass is 9.84. The molecule has 0 spiro atoms. The first kappa shape index (κ1) is 25.1. The lowest BCUT2D eigenvalue weighted by molar-refractivity contribution is -0.138. The Morgan fingerprint density at radius 2 is 1.85 bits per heavy atom. The number of alkyl halides is 3. The molecule has 1 amide bonds. The molecule has 0 saturated heterocycles. The van der Waals surface area contributed by atoms with E-state index < -0.39 is 30.0 Å². The second-order valence-corrected chi connectivity index (χ2v) is 9.20. The molecule has 182 valence electrons. The van der Waals surface area contributed by atoms with Gasteiger partial charge in [-0.3, -0.25) is 0 Å². The molecular weight excluding hydrogens is 435 g/mol. The number of benzene rings is 2. The topological polar surface area (TPSA) is 78.8 Å². The van der Waals surface area contributed by atoms with E-state index in [1.165, 1.54) is 44.0 Å². The van der Waals surface area contributed by atoms with Crippen molar-refractivity contribution in [2.75, 3.05) is 6.61 Å². The van der Waals surface area contributed by atoms with Gasteiger partial charge in [0, 0.05) is 0 Å². The minimum atomic E-state index is -4.62. The number of hydrogen-bond donors (Lipinski definition) is 3. The van der Waals surface area contributed by atoms with Crippen molar-refractivity contribution in [1.29, 1.82) is 0 Å². The smallest absolute Gasteiger partial charge is 0.420 e. The van der Waals surface area contributed by atoms with E-state index in [1.807, 2.05) is 0 Å². The first-order valence-corrected chi connectivity index (χ1v) is 11.5. The Labute approximate surface area is 191 Å². The molecule has 0 heterocycles. The van der Waals surface area contributed by atoms with Crippen LogP contribution in [0.5, 0.6) is 5.75 Å². The van der Waals surface area contributed by atoms with Crippen LogP contribution in [0.2, 0.25) is 0 Å². The molecule has 2 aromatic rings. The number of unbranched alkanes of at least 4 members (excludes halogenated alkanes) is 1. The maximum Gasteiger partial charge on any atom is 0.420 e. The van der Waals surface area contributed by atoms with Crippen molar-refractivity contribution in [1.82, 2.24) is 5.32 Å². The molecule has 1 saturated carbocycles. The molecule has 0 radical (unpaired) electrons. The Morgan fingerprint density at radius 1 is 1.15 bits per heavy atom. The molecule has 2 aromatic carbocycles. The Balaban J connectivity index is 1.90. The first-order valence-electron chi connectivity index (χ1n) is 11.5. The van der Waals surface area contributed by atoms with Gasteiger partial charge in [0.2, 0.25) is 0 Å². The zero-order valence-electron chi connectivity index (χ0n) is 19.0. The summed E-state index contributed by atoms with van der Waals surface area (Å²) in [5.41, 5.74) is -1.80. The van der Waals surface area contributed by atoms with Crippen molar-refractivity contribution in [2.45, 2.75) is 76.6 Å². The van der Waals surface area contributed by atoms with Gasteiger partial charge < -0.3 is 20.3 Å². The van der Waals surface area contributed by atoms with E-state index in [2.05, 4.69) is 12.2 Å². The average molecular weight is 468 g/mol.